The van der Waals surface area contributed by atoms with Crippen LogP contribution in [-0.4, -0.2) is 47.1 Å². The number of benzene rings is 2. The van der Waals surface area contributed by atoms with Gasteiger partial charge in [0.25, 0.3) is 5.91 Å². The molecule has 2 aromatic carbocycles. The first-order valence-electron chi connectivity index (χ1n) is 13.0. The number of phenolic OH excluding ortho intramolecular Hbond substituents is 1. The molecule has 1 unspecified atom stereocenters. The van der Waals surface area contributed by atoms with E-state index in [9.17, 15) is 15.2 Å². The van der Waals surface area contributed by atoms with Gasteiger partial charge in [-0.3, -0.25) is 9.69 Å². The maximum absolute atomic E-state index is 13.0. The van der Waals surface area contributed by atoms with Gasteiger partial charge < -0.3 is 15.2 Å². The number of nitrogens with one attached hydrogen (secondary N) is 1. The van der Waals surface area contributed by atoms with Crippen molar-refractivity contribution in [2.24, 2.45) is 0 Å². The van der Waals surface area contributed by atoms with Crippen molar-refractivity contribution in [3.63, 3.8) is 0 Å². The maximum atomic E-state index is 13.0. The van der Waals surface area contributed by atoms with Crippen LogP contribution >= 0.6 is 0 Å². The fourth-order valence-corrected chi connectivity index (χ4v) is 4.64. The van der Waals surface area contributed by atoms with Crippen molar-refractivity contribution >= 4 is 22.9 Å². The Kier molecular flexibility index (Phi) is 9.12. The highest BCUT2D eigenvalue weighted by molar-refractivity contribution is 6.02. The Morgan fingerprint density at radius 3 is 2.68 bits per heavy atom. The predicted octanol–water partition coefficient (Wildman–Crippen LogP) is 5.37. The highest BCUT2D eigenvalue weighted by Crippen LogP contribution is 2.24. The second-order valence-corrected chi connectivity index (χ2v) is 9.39. The van der Waals surface area contributed by atoms with Gasteiger partial charge >= 0.3 is 0 Å². The van der Waals surface area contributed by atoms with E-state index < -0.39 is 5.91 Å². The average Bonchev–Trinajstić information content (AvgIpc) is 2.93. The Hall–Kier alpha value is -3.89. The molecule has 1 aromatic heterocycles. The summed E-state index contributed by atoms with van der Waals surface area (Å²) < 4.78 is 5.94. The molecule has 0 bridgehead atoms. The van der Waals surface area contributed by atoms with Gasteiger partial charge in [0.1, 0.15) is 35.3 Å². The number of hydrogen-bond donors (Lipinski definition) is 2. The Bertz CT molecular complexity index is 1270. The summed E-state index contributed by atoms with van der Waals surface area (Å²) in [4.78, 5) is 19.9. The van der Waals surface area contributed by atoms with E-state index in [1.807, 2.05) is 36.4 Å². The number of aromatic hydroxyl groups is 1. The standard InChI is InChI=1S/C30H34N4O3/c1-2-7-27(22-11-14-26(15-12-22)37-19-18-34-16-4-3-5-17-34)33-30(36)24(21-31)20-25-13-10-23-8-6-9-28(35)29(23)32-25/h6,8-15,20,27,35H,2-5,7,16-19H2,1H3,(H,33,36)/b24-20+. The highest BCUT2D eigenvalue weighted by atomic mass is 16.5. The van der Waals surface area contributed by atoms with Gasteiger partial charge in [0.2, 0.25) is 0 Å². The lowest BCUT2D eigenvalue weighted by molar-refractivity contribution is -0.117. The van der Waals surface area contributed by atoms with Crippen molar-refractivity contribution in [2.75, 3.05) is 26.2 Å². The van der Waals surface area contributed by atoms with Crippen LogP contribution in [0, 0.1) is 11.3 Å². The largest absolute Gasteiger partial charge is 0.506 e. The maximum Gasteiger partial charge on any atom is 0.262 e. The number of aromatic nitrogens is 1. The molecule has 0 aliphatic carbocycles. The molecule has 2 N–H and O–H groups in total. The molecule has 1 fully saturated rings. The van der Waals surface area contributed by atoms with Crippen LogP contribution in [0.25, 0.3) is 17.0 Å². The van der Waals surface area contributed by atoms with Crippen LogP contribution in [0.5, 0.6) is 11.5 Å². The summed E-state index contributed by atoms with van der Waals surface area (Å²) in [6.45, 7) is 5.96. The number of amides is 1. The Labute approximate surface area is 218 Å². The Balaban J connectivity index is 1.40. The van der Waals surface area contributed by atoms with Crippen LogP contribution < -0.4 is 10.1 Å². The molecule has 192 valence electrons. The summed E-state index contributed by atoms with van der Waals surface area (Å²) >= 11 is 0. The van der Waals surface area contributed by atoms with Crippen molar-refractivity contribution < 1.29 is 14.6 Å². The van der Waals surface area contributed by atoms with E-state index in [4.69, 9.17) is 4.74 Å². The third-order valence-corrected chi connectivity index (χ3v) is 6.67. The van der Waals surface area contributed by atoms with Crippen LogP contribution in [0.2, 0.25) is 0 Å². The van der Waals surface area contributed by atoms with E-state index in [2.05, 4.69) is 22.1 Å². The lowest BCUT2D eigenvalue weighted by Crippen LogP contribution is -2.33. The normalized spacial score (nSPS) is 15.2. The molecule has 7 nitrogen and oxygen atoms in total. The van der Waals surface area contributed by atoms with Crippen LogP contribution in [0.4, 0.5) is 0 Å². The molecule has 4 rings (SSSR count). The molecule has 1 atom stereocenters. The number of nitriles is 1. The molecule has 2 heterocycles. The van der Waals surface area contributed by atoms with Crippen LogP contribution in [0.3, 0.4) is 0 Å². The SMILES string of the molecule is CCCC(NC(=O)/C(C#N)=C/c1ccc2cccc(O)c2n1)c1ccc(OCCN2CCCCC2)cc1. The lowest BCUT2D eigenvalue weighted by Gasteiger charge is -2.26. The molecule has 1 aliphatic rings. The molecule has 37 heavy (non-hydrogen) atoms. The van der Waals surface area contributed by atoms with E-state index in [1.54, 1.807) is 24.3 Å². The molecule has 0 radical (unpaired) electrons. The number of ether oxygens (including phenoxy) is 1. The molecule has 0 spiro atoms. The summed E-state index contributed by atoms with van der Waals surface area (Å²) in [6, 6.07) is 18.2. The average molecular weight is 499 g/mol. The van der Waals surface area contributed by atoms with Gasteiger partial charge in [-0.05, 0) is 68.3 Å². The first-order chi connectivity index (χ1) is 18.1. The highest BCUT2D eigenvalue weighted by Gasteiger charge is 2.18. The first kappa shape index (κ1) is 26.2. The number of nitrogens with zero attached hydrogens (tertiary/aromatic N) is 3. The number of carbonyl (C=O) groups is 1. The molecule has 1 saturated heterocycles. The number of pyridine rings is 1. The van der Waals surface area contributed by atoms with Gasteiger partial charge in [0.15, 0.2) is 0 Å². The third kappa shape index (κ3) is 7.08. The minimum atomic E-state index is -0.456. The number of carbonyl (C=O) groups excluding carboxylic acids is 1. The number of phenols is 1. The van der Waals surface area contributed by atoms with Gasteiger partial charge in [-0.25, -0.2) is 4.98 Å². The Morgan fingerprint density at radius 2 is 1.95 bits per heavy atom. The van der Waals surface area contributed by atoms with Crippen molar-refractivity contribution in [2.45, 2.75) is 45.1 Å². The first-order valence-corrected chi connectivity index (χ1v) is 13.0. The van der Waals surface area contributed by atoms with Crippen LogP contribution in [-0.2, 0) is 4.79 Å². The van der Waals surface area contributed by atoms with Gasteiger partial charge in [0.05, 0.1) is 11.7 Å². The molecule has 7 heteroatoms. The Morgan fingerprint density at radius 1 is 1.16 bits per heavy atom. The van der Waals surface area contributed by atoms with Crippen LogP contribution in [0.15, 0.2) is 60.2 Å². The lowest BCUT2D eigenvalue weighted by atomic mass is 10.0. The van der Waals surface area contributed by atoms with Crippen LogP contribution in [0.1, 0.15) is 56.3 Å². The zero-order chi connectivity index (χ0) is 26.0. The zero-order valence-corrected chi connectivity index (χ0v) is 21.3. The van der Waals surface area contributed by atoms with Gasteiger partial charge in [-0.15, -0.1) is 0 Å². The molecule has 1 aliphatic heterocycles. The van der Waals surface area contributed by atoms with E-state index in [0.717, 1.165) is 49.2 Å². The van der Waals surface area contributed by atoms with Crippen molar-refractivity contribution in [1.82, 2.24) is 15.2 Å². The number of likely N-dealkylation sites (tertiary alicyclic amines) is 1. The van der Waals surface area contributed by atoms with Crippen molar-refractivity contribution in [3.05, 3.63) is 71.4 Å². The van der Waals surface area contributed by atoms with E-state index in [-0.39, 0.29) is 17.4 Å². The topological polar surface area (TPSA) is 98.5 Å². The fraction of sp³-hybridized carbons (Fsp3) is 0.367. The summed E-state index contributed by atoms with van der Waals surface area (Å²) in [5, 5.41) is 23.5. The van der Waals surface area contributed by atoms with E-state index >= 15 is 0 Å². The van der Waals surface area contributed by atoms with E-state index in [0.29, 0.717) is 17.8 Å². The van der Waals surface area contributed by atoms with Crippen molar-refractivity contribution in [3.8, 4) is 17.6 Å². The quantitative estimate of drug-likeness (QED) is 0.288. The van der Waals surface area contributed by atoms with Gasteiger partial charge in [0, 0.05) is 11.9 Å². The minimum Gasteiger partial charge on any atom is -0.506 e. The summed E-state index contributed by atoms with van der Waals surface area (Å²) in [5.41, 5.74) is 1.78. The summed E-state index contributed by atoms with van der Waals surface area (Å²) in [6.07, 6.45) is 6.92. The monoisotopic (exact) mass is 498 g/mol. The van der Waals surface area contributed by atoms with Crippen molar-refractivity contribution in [1.29, 1.82) is 5.26 Å². The molecule has 0 saturated carbocycles. The number of hydrogen-bond acceptors (Lipinski definition) is 6. The molecular weight excluding hydrogens is 464 g/mol. The zero-order valence-electron chi connectivity index (χ0n) is 21.3. The van der Waals surface area contributed by atoms with Gasteiger partial charge in [-0.2, -0.15) is 5.26 Å². The number of piperidine rings is 1. The second-order valence-electron chi connectivity index (χ2n) is 9.39. The minimum absolute atomic E-state index is 0.0407. The smallest absolute Gasteiger partial charge is 0.262 e. The molecular formula is C30H34N4O3. The molecule has 1 amide bonds. The number of para-hydroxylation sites is 1. The number of fused-ring (bicyclic) bond motifs is 1. The number of rotatable bonds is 10. The van der Waals surface area contributed by atoms with E-state index in [1.165, 1.54) is 25.3 Å². The summed E-state index contributed by atoms with van der Waals surface area (Å²) in [5.74, 6) is 0.408. The molecule has 3 aromatic rings. The fourth-order valence-electron chi connectivity index (χ4n) is 4.64. The second kappa shape index (κ2) is 12.9. The predicted molar refractivity (Wildman–Crippen MR) is 145 cm³/mol. The van der Waals surface area contributed by atoms with Gasteiger partial charge in [-0.1, -0.05) is 50.1 Å². The third-order valence-electron chi connectivity index (χ3n) is 6.67. The summed E-state index contributed by atoms with van der Waals surface area (Å²) in [7, 11) is 0.